The van der Waals surface area contributed by atoms with Crippen molar-refractivity contribution in [2.45, 2.75) is 44.6 Å². The Morgan fingerprint density at radius 1 is 1.15 bits per heavy atom. The van der Waals surface area contributed by atoms with Gasteiger partial charge in [0.1, 0.15) is 6.10 Å². The number of esters is 1. The number of rotatable bonds is 4. The molecule has 2 atom stereocenters. The molecule has 0 aromatic heterocycles. The zero-order valence-electron chi connectivity index (χ0n) is 12.0. The molecule has 0 amide bonds. The van der Waals surface area contributed by atoms with Gasteiger partial charge < -0.3 is 4.74 Å². The van der Waals surface area contributed by atoms with Crippen molar-refractivity contribution >= 4 is 5.97 Å². The lowest BCUT2D eigenvalue weighted by Crippen LogP contribution is -2.28. The van der Waals surface area contributed by atoms with Gasteiger partial charge in [-0.1, -0.05) is 55.0 Å². The lowest BCUT2D eigenvalue weighted by atomic mass is 9.81. The Balaban J connectivity index is 2.02. The van der Waals surface area contributed by atoms with Crippen molar-refractivity contribution in [1.82, 2.24) is 0 Å². The second kappa shape index (κ2) is 7.68. The Kier molecular flexibility index (Phi) is 5.60. The third-order valence-corrected chi connectivity index (χ3v) is 3.73. The minimum atomic E-state index is -0.240. The molecule has 0 radical (unpaired) electrons. The van der Waals surface area contributed by atoms with Crippen molar-refractivity contribution in [1.29, 1.82) is 0 Å². The van der Waals surface area contributed by atoms with Crippen LogP contribution in [0.15, 0.2) is 54.6 Å². The minimum Gasteiger partial charge on any atom is -0.459 e. The summed E-state index contributed by atoms with van der Waals surface area (Å²) in [4.78, 5) is 11.8. The van der Waals surface area contributed by atoms with Gasteiger partial charge in [0.2, 0.25) is 0 Å². The molecule has 106 valence electrons. The number of hydrogen-bond donors (Lipinski definition) is 0. The number of ether oxygens (including phenoxy) is 1. The number of carbonyl (C=O) groups excluding carboxylic acids is 1. The van der Waals surface area contributed by atoms with Crippen molar-refractivity contribution in [2.24, 2.45) is 0 Å². The summed E-state index contributed by atoms with van der Waals surface area (Å²) in [7, 11) is 0. The van der Waals surface area contributed by atoms with Gasteiger partial charge in [-0.05, 0) is 31.7 Å². The zero-order valence-corrected chi connectivity index (χ0v) is 12.0. The van der Waals surface area contributed by atoms with Crippen LogP contribution in [0, 0.1) is 0 Å². The van der Waals surface area contributed by atoms with Crippen LogP contribution < -0.4 is 0 Å². The summed E-state index contributed by atoms with van der Waals surface area (Å²) < 4.78 is 5.65. The Bertz CT molecular complexity index is 473. The molecule has 0 bridgehead atoms. The maximum absolute atomic E-state index is 11.8. The third kappa shape index (κ3) is 4.09. The van der Waals surface area contributed by atoms with Crippen LogP contribution in [-0.4, -0.2) is 12.1 Å². The van der Waals surface area contributed by atoms with Crippen molar-refractivity contribution in [3.63, 3.8) is 0 Å². The first-order valence-electron chi connectivity index (χ1n) is 7.36. The molecule has 1 aliphatic carbocycles. The van der Waals surface area contributed by atoms with Crippen LogP contribution in [0.1, 0.15) is 44.1 Å². The quantitative estimate of drug-likeness (QED) is 0.461. The molecule has 1 aliphatic rings. The molecule has 0 aliphatic heterocycles. The van der Waals surface area contributed by atoms with Crippen molar-refractivity contribution in [3.8, 4) is 0 Å². The molecule has 0 heterocycles. The van der Waals surface area contributed by atoms with Gasteiger partial charge in [0, 0.05) is 12.0 Å². The summed E-state index contributed by atoms with van der Waals surface area (Å²) in [5.41, 5.74) is 1.28. The molecule has 0 N–H and O–H groups in total. The average Bonchev–Trinajstić information content (AvgIpc) is 2.49. The Hall–Kier alpha value is -1.83. The zero-order chi connectivity index (χ0) is 14.2. The summed E-state index contributed by atoms with van der Waals surface area (Å²) in [5, 5.41) is 0. The molecule has 0 unspecified atom stereocenters. The summed E-state index contributed by atoms with van der Waals surface area (Å²) >= 11 is 0. The molecule has 0 saturated heterocycles. The molecule has 2 rings (SSSR count). The van der Waals surface area contributed by atoms with E-state index in [1.54, 1.807) is 6.08 Å². The highest BCUT2D eigenvalue weighted by molar-refractivity contribution is 5.82. The van der Waals surface area contributed by atoms with Crippen LogP contribution in [-0.2, 0) is 9.53 Å². The Morgan fingerprint density at radius 2 is 1.90 bits per heavy atom. The van der Waals surface area contributed by atoms with Gasteiger partial charge in [0.05, 0.1) is 0 Å². The Morgan fingerprint density at radius 3 is 2.65 bits per heavy atom. The predicted octanol–water partition coefficient (Wildman–Crippen LogP) is 4.39. The summed E-state index contributed by atoms with van der Waals surface area (Å²) in [6, 6.07) is 10.4. The fourth-order valence-electron chi connectivity index (χ4n) is 2.75. The minimum absolute atomic E-state index is 0.00825. The topological polar surface area (TPSA) is 26.3 Å². The predicted molar refractivity (Wildman–Crippen MR) is 81.5 cm³/mol. The van der Waals surface area contributed by atoms with Crippen molar-refractivity contribution in [2.75, 3.05) is 0 Å². The van der Waals surface area contributed by atoms with Crippen molar-refractivity contribution < 1.29 is 9.53 Å². The van der Waals surface area contributed by atoms with Gasteiger partial charge >= 0.3 is 5.97 Å². The summed E-state index contributed by atoms with van der Waals surface area (Å²) in [6.45, 7) is 1.92. The molecule has 1 aromatic rings. The van der Waals surface area contributed by atoms with Gasteiger partial charge in [0.15, 0.2) is 0 Å². The van der Waals surface area contributed by atoms with E-state index in [0.29, 0.717) is 5.92 Å². The van der Waals surface area contributed by atoms with E-state index in [9.17, 15) is 4.79 Å². The molecule has 0 spiro atoms. The second-order valence-electron chi connectivity index (χ2n) is 5.16. The highest BCUT2D eigenvalue weighted by atomic mass is 16.5. The normalized spacial score (nSPS) is 23.2. The van der Waals surface area contributed by atoms with Crippen molar-refractivity contribution in [3.05, 3.63) is 60.2 Å². The van der Waals surface area contributed by atoms with E-state index < -0.39 is 0 Å². The lowest BCUT2D eigenvalue weighted by Gasteiger charge is -2.31. The summed E-state index contributed by atoms with van der Waals surface area (Å²) in [6.07, 6.45) is 11.4. The largest absolute Gasteiger partial charge is 0.459 e. The van der Waals surface area contributed by atoms with E-state index in [1.165, 1.54) is 18.1 Å². The highest BCUT2D eigenvalue weighted by Crippen LogP contribution is 2.34. The van der Waals surface area contributed by atoms with Crippen LogP contribution in [0.4, 0.5) is 0 Å². The first-order chi connectivity index (χ1) is 9.81. The number of allylic oxidation sites excluding steroid dienone is 3. The van der Waals surface area contributed by atoms with E-state index in [4.69, 9.17) is 4.74 Å². The number of benzene rings is 1. The molecule has 1 saturated carbocycles. The molecule has 2 heteroatoms. The lowest BCUT2D eigenvalue weighted by molar-refractivity contribution is -0.145. The SMILES string of the molecule is C/C=C/C=C/C(=O)O[C@H]1CCCC[C@@H]1c1ccccc1. The van der Waals surface area contributed by atoms with Crippen LogP contribution >= 0.6 is 0 Å². The monoisotopic (exact) mass is 270 g/mol. The van der Waals surface area contributed by atoms with E-state index in [1.807, 2.05) is 25.1 Å². The standard InChI is InChI=1S/C18H22O2/c1-2-3-5-14-18(19)20-17-13-9-8-12-16(17)15-10-6-4-7-11-15/h2-7,10-11,14,16-17H,8-9,12-13H2,1H3/b3-2+,14-5+/t16-,17+/m1/s1. The van der Waals surface area contributed by atoms with Gasteiger partial charge in [-0.2, -0.15) is 0 Å². The van der Waals surface area contributed by atoms with E-state index in [0.717, 1.165) is 19.3 Å². The van der Waals surface area contributed by atoms with Crippen LogP contribution in [0.3, 0.4) is 0 Å². The second-order valence-corrected chi connectivity index (χ2v) is 5.16. The van der Waals surface area contributed by atoms with Crippen LogP contribution in [0.5, 0.6) is 0 Å². The molecular weight excluding hydrogens is 248 g/mol. The average molecular weight is 270 g/mol. The maximum Gasteiger partial charge on any atom is 0.331 e. The maximum atomic E-state index is 11.8. The van der Waals surface area contributed by atoms with Gasteiger partial charge in [-0.3, -0.25) is 0 Å². The highest BCUT2D eigenvalue weighted by Gasteiger charge is 2.28. The van der Waals surface area contributed by atoms with E-state index in [-0.39, 0.29) is 12.1 Å². The third-order valence-electron chi connectivity index (χ3n) is 3.73. The fraction of sp³-hybridized carbons (Fsp3) is 0.389. The number of hydrogen-bond acceptors (Lipinski definition) is 2. The molecule has 1 fully saturated rings. The van der Waals surface area contributed by atoms with E-state index in [2.05, 4.69) is 24.3 Å². The first-order valence-corrected chi connectivity index (χ1v) is 7.36. The van der Waals surface area contributed by atoms with Gasteiger partial charge in [0.25, 0.3) is 0 Å². The smallest absolute Gasteiger partial charge is 0.331 e. The molecular formula is C18H22O2. The fourth-order valence-corrected chi connectivity index (χ4v) is 2.75. The van der Waals surface area contributed by atoms with E-state index >= 15 is 0 Å². The summed E-state index contributed by atoms with van der Waals surface area (Å²) in [5.74, 6) is 0.0972. The first kappa shape index (κ1) is 14.6. The Labute approximate surface area is 121 Å². The van der Waals surface area contributed by atoms with Crippen LogP contribution in [0.2, 0.25) is 0 Å². The number of carbonyl (C=O) groups is 1. The molecule has 1 aromatic carbocycles. The van der Waals surface area contributed by atoms with Crippen LogP contribution in [0.25, 0.3) is 0 Å². The van der Waals surface area contributed by atoms with Gasteiger partial charge in [-0.25, -0.2) is 4.79 Å². The molecule has 2 nitrogen and oxygen atoms in total. The van der Waals surface area contributed by atoms with Gasteiger partial charge in [-0.15, -0.1) is 0 Å². The molecule has 20 heavy (non-hydrogen) atoms.